The van der Waals surface area contributed by atoms with Crippen molar-refractivity contribution in [2.75, 3.05) is 0 Å². The summed E-state index contributed by atoms with van der Waals surface area (Å²) in [5.74, 6) is 0.421. The molecular formula is C20H9I4NaO5. The Morgan fingerprint density at radius 3 is 1.80 bits per heavy atom. The van der Waals surface area contributed by atoms with Gasteiger partial charge in [0.15, 0.2) is 5.60 Å². The first-order valence-electron chi connectivity index (χ1n) is 8.20. The van der Waals surface area contributed by atoms with E-state index >= 15 is 0 Å². The predicted molar refractivity (Wildman–Crippen MR) is 146 cm³/mol. The summed E-state index contributed by atoms with van der Waals surface area (Å²) in [6.07, 6.45) is 0. The average molecular weight is 860 g/mol. The molecule has 0 bridgehead atoms. The predicted octanol–water partition coefficient (Wildman–Crippen LogP) is 5.44. The second kappa shape index (κ2) is 8.34. The van der Waals surface area contributed by atoms with E-state index in [-0.39, 0.29) is 41.1 Å². The van der Waals surface area contributed by atoms with Gasteiger partial charge in [0.1, 0.15) is 23.0 Å². The number of phenolic OH excluding ortho intramolecular Hbond substituents is 2. The third-order valence-corrected chi connectivity index (χ3v) is 12.4. The summed E-state index contributed by atoms with van der Waals surface area (Å²) in [4.78, 5) is 13.2. The van der Waals surface area contributed by atoms with Crippen LogP contribution in [0.3, 0.4) is 0 Å². The number of phenols is 2. The zero-order valence-electron chi connectivity index (χ0n) is 14.1. The summed E-state index contributed by atoms with van der Waals surface area (Å²) in [7, 11) is 0. The number of halogens is 4. The Kier molecular flexibility index (Phi) is 6.56. The van der Waals surface area contributed by atoms with Crippen LogP contribution in [0.4, 0.5) is 0 Å². The maximum atomic E-state index is 13.2. The van der Waals surface area contributed by atoms with Crippen LogP contribution in [0, 0.1) is 14.3 Å². The average Bonchev–Trinajstić information content (AvgIpc) is 2.97. The van der Waals surface area contributed by atoms with Crippen molar-refractivity contribution >= 4 is 126 Å². The number of esters is 1. The summed E-state index contributed by atoms with van der Waals surface area (Å²) in [6, 6.07) is 9.53. The van der Waals surface area contributed by atoms with Crippen LogP contribution >= 0.6 is 90.4 Å². The van der Waals surface area contributed by atoms with E-state index in [1.54, 1.807) is 24.3 Å². The van der Waals surface area contributed by atoms with Crippen LogP contribution in [0.15, 0.2) is 36.4 Å². The maximum absolute atomic E-state index is 13.2. The minimum atomic E-state index is -1.22. The van der Waals surface area contributed by atoms with Gasteiger partial charge in [-0.3, -0.25) is 0 Å². The molecule has 5 nitrogen and oxygen atoms in total. The van der Waals surface area contributed by atoms with Crippen LogP contribution in [-0.2, 0) is 10.3 Å². The number of carbonyl (C=O) groups excluding carboxylic acids is 1. The van der Waals surface area contributed by atoms with E-state index in [9.17, 15) is 15.0 Å². The van der Waals surface area contributed by atoms with Crippen LogP contribution in [0.25, 0.3) is 0 Å². The van der Waals surface area contributed by atoms with E-state index in [1.807, 2.05) is 0 Å². The number of aromatic hydroxyl groups is 2. The molecule has 0 fully saturated rings. The Morgan fingerprint density at radius 2 is 1.27 bits per heavy atom. The van der Waals surface area contributed by atoms with Crippen molar-refractivity contribution in [1.82, 2.24) is 0 Å². The third kappa shape index (κ3) is 3.23. The van der Waals surface area contributed by atoms with Gasteiger partial charge in [-0.05, 0) is 115 Å². The van der Waals surface area contributed by atoms with Crippen molar-refractivity contribution in [3.05, 3.63) is 72.9 Å². The fourth-order valence-electron chi connectivity index (χ4n) is 3.81. The molecule has 2 aliphatic rings. The minimum absolute atomic E-state index is 0. The molecule has 10 heteroatoms. The van der Waals surface area contributed by atoms with E-state index < -0.39 is 11.6 Å². The SMILES string of the molecule is O=C1OC2(c3ccc(O)cc3Oc3cc(O)ccc32)c2c(I)c(I)c(I)c(I)c21.[NaH]. The fourth-order valence-corrected chi connectivity index (χ4v) is 7.60. The van der Waals surface area contributed by atoms with Gasteiger partial charge in [-0.25, -0.2) is 4.79 Å². The van der Waals surface area contributed by atoms with Crippen LogP contribution in [-0.4, -0.2) is 45.7 Å². The number of carbonyl (C=O) groups is 1. The van der Waals surface area contributed by atoms with Crippen molar-refractivity contribution in [2.24, 2.45) is 0 Å². The van der Waals surface area contributed by atoms with Crippen molar-refractivity contribution < 1.29 is 24.5 Å². The van der Waals surface area contributed by atoms with E-state index in [2.05, 4.69) is 90.4 Å². The number of benzene rings is 3. The normalized spacial score (nSPS) is 14.9. The third-order valence-electron chi connectivity index (χ3n) is 4.98. The molecular weight excluding hydrogens is 851 g/mol. The number of ether oxygens (including phenoxy) is 2. The van der Waals surface area contributed by atoms with Gasteiger partial charge in [0.2, 0.25) is 0 Å². The molecule has 0 aromatic heterocycles. The van der Waals surface area contributed by atoms with Gasteiger partial charge in [-0.15, -0.1) is 0 Å². The molecule has 2 heterocycles. The van der Waals surface area contributed by atoms with Gasteiger partial charge >= 0.3 is 35.5 Å². The van der Waals surface area contributed by atoms with Crippen molar-refractivity contribution in [3.63, 3.8) is 0 Å². The van der Waals surface area contributed by atoms with Gasteiger partial charge in [0.05, 0.1) is 5.56 Å². The summed E-state index contributed by atoms with van der Waals surface area (Å²) < 4.78 is 16.0. The Balaban J connectivity index is 0.00000218. The van der Waals surface area contributed by atoms with Crippen LogP contribution in [0.2, 0.25) is 0 Å². The molecule has 0 radical (unpaired) electrons. The van der Waals surface area contributed by atoms with E-state index in [1.165, 1.54) is 12.1 Å². The van der Waals surface area contributed by atoms with E-state index in [0.717, 1.165) is 19.8 Å². The molecule has 148 valence electrons. The Morgan fingerprint density at radius 1 is 0.767 bits per heavy atom. The molecule has 1 spiro atoms. The Hall–Kier alpha value is 0.450. The van der Waals surface area contributed by atoms with Crippen LogP contribution < -0.4 is 4.74 Å². The quantitative estimate of drug-likeness (QED) is 0.104. The van der Waals surface area contributed by atoms with Crippen LogP contribution in [0.5, 0.6) is 23.0 Å². The molecule has 5 rings (SSSR count). The first kappa shape index (κ1) is 23.6. The molecule has 0 unspecified atom stereocenters. The van der Waals surface area contributed by atoms with Crippen LogP contribution in [0.1, 0.15) is 27.0 Å². The van der Waals surface area contributed by atoms with Gasteiger partial charge < -0.3 is 19.7 Å². The molecule has 2 N–H and O–H groups in total. The standard InChI is InChI=1S/C20H8I4O5.Na.H/c21-15-13-14(16(22)18(24)17(15)23)20(29-19(13)27)9-3-1-7(25)5-11(9)28-12-6-8(26)2-4-10(12)20;;/h1-6,25-26H;;. The number of hydrogen-bond acceptors (Lipinski definition) is 5. The number of hydrogen-bond donors (Lipinski definition) is 2. The van der Waals surface area contributed by atoms with Gasteiger partial charge in [0.25, 0.3) is 0 Å². The Bertz CT molecular complexity index is 1210. The van der Waals surface area contributed by atoms with Crippen molar-refractivity contribution in [3.8, 4) is 23.0 Å². The van der Waals surface area contributed by atoms with Crippen molar-refractivity contribution in [2.45, 2.75) is 5.60 Å². The Labute approximate surface area is 248 Å². The summed E-state index contributed by atoms with van der Waals surface area (Å²) in [6.45, 7) is 0. The monoisotopic (exact) mass is 860 g/mol. The zero-order valence-corrected chi connectivity index (χ0v) is 22.7. The molecule has 0 atom stereocenters. The van der Waals surface area contributed by atoms with E-state index in [0.29, 0.717) is 28.2 Å². The molecule has 0 saturated heterocycles. The molecule has 0 saturated carbocycles. The topological polar surface area (TPSA) is 76.0 Å². The first-order valence-corrected chi connectivity index (χ1v) is 12.5. The summed E-state index contributed by atoms with van der Waals surface area (Å²) >= 11 is 8.98. The number of rotatable bonds is 0. The van der Waals surface area contributed by atoms with Gasteiger partial charge in [-0.2, -0.15) is 0 Å². The summed E-state index contributed by atoms with van der Waals surface area (Å²) in [5, 5.41) is 20.0. The fraction of sp³-hybridized carbons (Fsp3) is 0.0500. The molecule has 3 aromatic carbocycles. The molecule has 30 heavy (non-hydrogen) atoms. The summed E-state index contributed by atoms with van der Waals surface area (Å²) in [5.41, 5.74) is 1.34. The van der Waals surface area contributed by atoms with E-state index in [4.69, 9.17) is 9.47 Å². The molecule has 2 aliphatic heterocycles. The number of fused-ring (bicyclic) bond motifs is 6. The molecule has 0 amide bonds. The first-order chi connectivity index (χ1) is 13.8. The van der Waals surface area contributed by atoms with Crippen molar-refractivity contribution in [1.29, 1.82) is 0 Å². The molecule has 0 aliphatic carbocycles. The van der Waals surface area contributed by atoms with Gasteiger partial charge in [-0.1, -0.05) is 0 Å². The second-order valence-corrected chi connectivity index (χ2v) is 10.9. The van der Waals surface area contributed by atoms with Gasteiger partial charge in [0, 0.05) is 43.1 Å². The molecule has 3 aromatic rings. The second-order valence-electron chi connectivity index (χ2n) is 6.54. The zero-order chi connectivity index (χ0) is 20.7.